The van der Waals surface area contributed by atoms with E-state index in [9.17, 15) is 5.11 Å². The highest BCUT2D eigenvalue weighted by Crippen LogP contribution is 2.41. The van der Waals surface area contributed by atoms with E-state index < -0.39 is 0 Å². The van der Waals surface area contributed by atoms with E-state index >= 15 is 0 Å². The van der Waals surface area contributed by atoms with Crippen molar-refractivity contribution in [1.29, 1.82) is 0 Å². The van der Waals surface area contributed by atoms with E-state index in [-0.39, 0.29) is 0 Å². The van der Waals surface area contributed by atoms with Crippen molar-refractivity contribution >= 4 is 5.69 Å². The molecule has 0 heterocycles. The topological polar surface area (TPSA) is 23.5 Å². The van der Waals surface area contributed by atoms with Crippen LogP contribution in [-0.4, -0.2) is 19.2 Å². The number of phenols is 1. The van der Waals surface area contributed by atoms with Crippen molar-refractivity contribution < 1.29 is 5.11 Å². The minimum absolute atomic E-state index is 0.322. The fourth-order valence-corrected chi connectivity index (χ4v) is 2.55. The Hall–Kier alpha value is -2.74. The van der Waals surface area contributed by atoms with Crippen LogP contribution in [0.1, 0.15) is 0 Å². The molecule has 0 amide bonds. The number of anilines is 1. The Labute approximate surface area is 131 Å². The van der Waals surface area contributed by atoms with Gasteiger partial charge in [-0.3, -0.25) is 0 Å². The van der Waals surface area contributed by atoms with Gasteiger partial charge in [0.2, 0.25) is 0 Å². The zero-order chi connectivity index (χ0) is 15.5. The normalized spacial score (nSPS) is 10.5. The zero-order valence-electron chi connectivity index (χ0n) is 12.8. The highest BCUT2D eigenvalue weighted by Gasteiger charge is 2.14. The van der Waals surface area contributed by atoms with E-state index in [4.69, 9.17) is 0 Å². The second-order valence-electron chi connectivity index (χ2n) is 5.52. The molecule has 0 bridgehead atoms. The quantitative estimate of drug-likeness (QED) is 0.749. The van der Waals surface area contributed by atoms with Crippen LogP contribution >= 0.6 is 0 Å². The molecule has 3 aromatic rings. The van der Waals surface area contributed by atoms with Crippen LogP contribution in [0.5, 0.6) is 5.75 Å². The van der Waals surface area contributed by atoms with Crippen LogP contribution in [0.4, 0.5) is 5.69 Å². The molecule has 1 N–H and O–H groups in total. The van der Waals surface area contributed by atoms with Crippen molar-refractivity contribution in [3.05, 3.63) is 72.8 Å². The minimum atomic E-state index is 0.322. The molecule has 2 heteroatoms. The molecule has 0 radical (unpaired) electrons. The molecule has 3 rings (SSSR count). The van der Waals surface area contributed by atoms with E-state index in [1.54, 1.807) is 0 Å². The molecule has 0 spiro atoms. The maximum Gasteiger partial charge on any atom is 0.131 e. The molecule has 0 aliphatic rings. The smallest absolute Gasteiger partial charge is 0.131 e. The van der Waals surface area contributed by atoms with Crippen molar-refractivity contribution in [3.63, 3.8) is 0 Å². The molecule has 3 aromatic carbocycles. The maximum absolute atomic E-state index is 10.8. The lowest BCUT2D eigenvalue weighted by atomic mass is 9.96. The molecule has 0 unspecified atom stereocenters. The summed E-state index contributed by atoms with van der Waals surface area (Å²) >= 11 is 0. The molecule has 0 aliphatic carbocycles. The van der Waals surface area contributed by atoms with Gasteiger partial charge in [0.15, 0.2) is 0 Å². The van der Waals surface area contributed by atoms with Crippen molar-refractivity contribution in [2.24, 2.45) is 0 Å². The number of hydrogen-bond acceptors (Lipinski definition) is 2. The third kappa shape index (κ3) is 2.68. The fraction of sp³-hybridized carbons (Fsp3) is 0.100. The molecular weight excluding hydrogens is 270 g/mol. The molecular formula is C20H19NO. The Morgan fingerprint density at radius 3 is 1.45 bits per heavy atom. The molecule has 0 fully saturated rings. The summed E-state index contributed by atoms with van der Waals surface area (Å²) in [7, 11) is 4.02. The van der Waals surface area contributed by atoms with Crippen LogP contribution in [0.2, 0.25) is 0 Å². The number of phenolic OH excluding ortho intramolecular Hbond substituents is 1. The highest BCUT2D eigenvalue weighted by molar-refractivity contribution is 5.85. The Morgan fingerprint density at radius 1 is 0.682 bits per heavy atom. The molecule has 22 heavy (non-hydrogen) atoms. The molecule has 0 saturated carbocycles. The summed E-state index contributed by atoms with van der Waals surface area (Å²) in [6.45, 7) is 0. The summed E-state index contributed by atoms with van der Waals surface area (Å²) in [5.41, 5.74) is 4.80. The van der Waals surface area contributed by atoms with Gasteiger partial charge in [-0.15, -0.1) is 0 Å². The van der Waals surface area contributed by atoms with Gasteiger partial charge in [-0.25, -0.2) is 0 Å². The lowest BCUT2D eigenvalue weighted by Crippen LogP contribution is -2.08. The van der Waals surface area contributed by atoms with Gasteiger partial charge in [0, 0.05) is 30.9 Å². The SMILES string of the molecule is CN(C)c1cc(-c2ccccc2)c(O)c(-c2ccccc2)c1. The zero-order valence-corrected chi connectivity index (χ0v) is 12.8. The van der Waals surface area contributed by atoms with Gasteiger partial charge in [-0.1, -0.05) is 60.7 Å². The number of nitrogens with zero attached hydrogens (tertiary/aromatic N) is 1. The first-order chi connectivity index (χ1) is 10.7. The number of benzene rings is 3. The van der Waals surface area contributed by atoms with Crippen LogP contribution in [0.25, 0.3) is 22.3 Å². The lowest BCUT2D eigenvalue weighted by molar-refractivity contribution is 0.479. The third-order valence-corrected chi connectivity index (χ3v) is 3.78. The van der Waals surface area contributed by atoms with Crippen LogP contribution < -0.4 is 4.90 Å². The van der Waals surface area contributed by atoms with Crippen LogP contribution in [0.3, 0.4) is 0 Å². The van der Waals surface area contributed by atoms with Crippen LogP contribution in [0.15, 0.2) is 72.8 Å². The average Bonchev–Trinajstić information content (AvgIpc) is 2.56. The van der Waals surface area contributed by atoms with Crippen molar-refractivity contribution in [3.8, 4) is 28.0 Å². The first-order valence-corrected chi connectivity index (χ1v) is 7.32. The molecule has 0 atom stereocenters. The van der Waals surface area contributed by atoms with Crippen molar-refractivity contribution in [2.75, 3.05) is 19.0 Å². The summed E-state index contributed by atoms with van der Waals surface area (Å²) in [6, 6.07) is 24.0. The van der Waals surface area contributed by atoms with E-state index in [2.05, 4.69) is 4.90 Å². The first-order valence-electron chi connectivity index (χ1n) is 7.32. The average molecular weight is 289 g/mol. The standard InChI is InChI=1S/C20H19NO/c1-21(2)17-13-18(15-9-5-3-6-10-15)20(22)19(14-17)16-11-7-4-8-12-16/h3-14,22H,1-2H3. The summed E-state index contributed by atoms with van der Waals surface area (Å²) in [6.07, 6.45) is 0. The number of hydrogen-bond donors (Lipinski definition) is 1. The van der Waals surface area contributed by atoms with Gasteiger partial charge < -0.3 is 10.0 Å². The minimum Gasteiger partial charge on any atom is -0.507 e. The second-order valence-corrected chi connectivity index (χ2v) is 5.52. The van der Waals surface area contributed by atoms with Gasteiger partial charge in [0.05, 0.1) is 0 Å². The summed E-state index contributed by atoms with van der Waals surface area (Å²) in [5.74, 6) is 0.322. The van der Waals surface area contributed by atoms with E-state index in [1.165, 1.54) is 0 Å². The Bertz CT molecular complexity index is 704. The molecule has 0 aromatic heterocycles. The molecule has 110 valence electrons. The van der Waals surface area contributed by atoms with Crippen molar-refractivity contribution in [2.45, 2.75) is 0 Å². The Kier molecular flexibility index (Phi) is 3.84. The predicted molar refractivity (Wildman–Crippen MR) is 93.3 cm³/mol. The van der Waals surface area contributed by atoms with Gasteiger partial charge in [-0.2, -0.15) is 0 Å². The van der Waals surface area contributed by atoms with Gasteiger partial charge in [0.1, 0.15) is 5.75 Å². The molecule has 2 nitrogen and oxygen atoms in total. The molecule has 0 saturated heterocycles. The maximum atomic E-state index is 10.8. The van der Waals surface area contributed by atoms with E-state index in [0.717, 1.165) is 27.9 Å². The number of rotatable bonds is 3. The number of aromatic hydroxyl groups is 1. The van der Waals surface area contributed by atoms with Crippen molar-refractivity contribution in [1.82, 2.24) is 0 Å². The van der Waals surface area contributed by atoms with Gasteiger partial charge in [-0.05, 0) is 23.3 Å². The first kappa shape index (κ1) is 14.2. The lowest BCUT2D eigenvalue weighted by Gasteiger charge is -2.18. The third-order valence-electron chi connectivity index (χ3n) is 3.78. The summed E-state index contributed by atoms with van der Waals surface area (Å²) in [4.78, 5) is 2.05. The van der Waals surface area contributed by atoms with Crippen LogP contribution in [0, 0.1) is 0 Å². The predicted octanol–water partition coefficient (Wildman–Crippen LogP) is 4.79. The summed E-state index contributed by atoms with van der Waals surface area (Å²) in [5, 5.41) is 10.8. The van der Waals surface area contributed by atoms with Gasteiger partial charge >= 0.3 is 0 Å². The largest absolute Gasteiger partial charge is 0.507 e. The molecule has 0 aliphatic heterocycles. The van der Waals surface area contributed by atoms with E-state index in [0.29, 0.717) is 5.75 Å². The second kappa shape index (κ2) is 5.94. The fourth-order valence-electron chi connectivity index (χ4n) is 2.55. The Balaban J connectivity index is 2.25. The van der Waals surface area contributed by atoms with Crippen LogP contribution in [-0.2, 0) is 0 Å². The van der Waals surface area contributed by atoms with E-state index in [1.807, 2.05) is 86.9 Å². The Morgan fingerprint density at radius 2 is 1.09 bits per heavy atom. The monoisotopic (exact) mass is 289 g/mol. The summed E-state index contributed by atoms with van der Waals surface area (Å²) < 4.78 is 0. The highest BCUT2D eigenvalue weighted by atomic mass is 16.3. The van der Waals surface area contributed by atoms with Gasteiger partial charge in [0.25, 0.3) is 0 Å².